The Morgan fingerprint density at radius 3 is 2.52 bits per heavy atom. The lowest BCUT2D eigenvalue weighted by Gasteiger charge is -2.22. The predicted octanol–water partition coefficient (Wildman–Crippen LogP) is 4.90. The minimum Gasteiger partial charge on any atom is -0.496 e. The van der Waals surface area contributed by atoms with Crippen molar-refractivity contribution in [2.24, 2.45) is 0 Å². The quantitative estimate of drug-likeness (QED) is 0.636. The van der Waals surface area contributed by atoms with Crippen molar-refractivity contribution in [1.82, 2.24) is 5.32 Å². The van der Waals surface area contributed by atoms with Crippen molar-refractivity contribution in [3.05, 3.63) is 61.4 Å². The van der Waals surface area contributed by atoms with Crippen molar-refractivity contribution in [3.63, 3.8) is 0 Å². The molecule has 0 amide bonds. The average molecular weight is 464 g/mol. The van der Waals surface area contributed by atoms with Crippen molar-refractivity contribution in [2.45, 2.75) is 13.0 Å². The van der Waals surface area contributed by atoms with Gasteiger partial charge in [0.15, 0.2) is 0 Å². The Morgan fingerprint density at radius 1 is 1.29 bits per heavy atom. The molecule has 0 aliphatic heterocycles. The maximum atomic E-state index is 13.7. The summed E-state index contributed by atoms with van der Waals surface area (Å²) in [4.78, 5) is 0. The third-order valence-corrected chi connectivity index (χ3v) is 4.52. The molecule has 1 N–H and O–H groups in total. The molecule has 0 fully saturated rings. The highest BCUT2D eigenvalue weighted by molar-refractivity contribution is 14.1. The molecule has 1 unspecified atom stereocenters. The van der Waals surface area contributed by atoms with Crippen LogP contribution in [0.4, 0.5) is 4.39 Å². The minimum atomic E-state index is -0.326. The minimum absolute atomic E-state index is 0.0427. The maximum absolute atomic E-state index is 13.7. The molecule has 0 aromatic heterocycles. The van der Waals surface area contributed by atoms with Crippen molar-refractivity contribution in [1.29, 1.82) is 0 Å². The summed E-state index contributed by atoms with van der Waals surface area (Å²) in [5, 5.41) is 3.43. The molecule has 21 heavy (non-hydrogen) atoms. The van der Waals surface area contributed by atoms with E-state index in [1.807, 2.05) is 6.92 Å². The van der Waals surface area contributed by atoms with Gasteiger partial charge in [-0.3, -0.25) is 0 Å². The van der Waals surface area contributed by atoms with Gasteiger partial charge < -0.3 is 10.1 Å². The fourth-order valence-electron chi connectivity index (χ4n) is 2.21. The Labute approximate surface area is 146 Å². The lowest BCUT2D eigenvalue weighted by molar-refractivity contribution is 0.400. The van der Waals surface area contributed by atoms with E-state index in [0.717, 1.165) is 17.7 Å². The highest BCUT2D eigenvalue weighted by Gasteiger charge is 2.19. The summed E-state index contributed by atoms with van der Waals surface area (Å²) in [6.07, 6.45) is 0. The molecule has 0 radical (unpaired) electrons. The summed E-state index contributed by atoms with van der Waals surface area (Å²) >= 11 is 5.53. The number of halogens is 3. The summed E-state index contributed by atoms with van der Waals surface area (Å²) < 4.78 is 20.7. The first-order chi connectivity index (χ1) is 10.1. The molecule has 112 valence electrons. The molecule has 1 atom stereocenters. The summed E-state index contributed by atoms with van der Waals surface area (Å²) in [7, 11) is 1.56. The number of methoxy groups -OCH3 is 1. The molecule has 0 spiro atoms. The van der Waals surface area contributed by atoms with Crippen LogP contribution in [-0.2, 0) is 0 Å². The standard InChI is InChI=1S/C16H16BrFINO/c1-3-20-16(10-4-6-11(19)7-5-10)12-8-13(17)14(18)9-15(12)21-2/h4-9,16,20H,3H2,1-2H3. The fourth-order valence-corrected chi connectivity index (χ4v) is 2.93. The lowest BCUT2D eigenvalue weighted by Crippen LogP contribution is -2.22. The molecule has 0 aliphatic rings. The number of hydrogen-bond acceptors (Lipinski definition) is 2. The first-order valence-corrected chi connectivity index (χ1v) is 8.45. The Hall–Kier alpha value is -0.660. The van der Waals surface area contributed by atoms with E-state index in [-0.39, 0.29) is 11.9 Å². The van der Waals surface area contributed by atoms with Crippen LogP contribution >= 0.6 is 38.5 Å². The molecule has 0 saturated heterocycles. The van der Waals surface area contributed by atoms with Gasteiger partial charge in [0.1, 0.15) is 11.6 Å². The molecule has 2 aromatic rings. The van der Waals surface area contributed by atoms with Crippen LogP contribution in [0.25, 0.3) is 0 Å². The van der Waals surface area contributed by atoms with Crippen molar-refractivity contribution in [2.75, 3.05) is 13.7 Å². The van der Waals surface area contributed by atoms with Gasteiger partial charge >= 0.3 is 0 Å². The van der Waals surface area contributed by atoms with Gasteiger partial charge in [0.25, 0.3) is 0 Å². The molecule has 2 nitrogen and oxygen atoms in total. The molecule has 0 heterocycles. The van der Waals surface area contributed by atoms with Crippen LogP contribution < -0.4 is 10.1 Å². The fraction of sp³-hybridized carbons (Fsp3) is 0.250. The van der Waals surface area contributed by atoms with Crippen molar-refractivity contribution < 1.29 is 9.13 Å². The first-order valence-electron chi connectivity index (χ1n) is 6.58. The Balaban J connectivity index is 2.51. The van der Waals surface area contributed by atoms with Gasteiger partial charge in [-0.15, -0.1) is 0 Å². The second kappa shape index (κ2) is 7.56. The van der Waals surface area contributed by atoms with E-state index in [4.69, 9.17) is 4.74 Å². The van der Waals surface area contributed by atoms with Gasteiger partial charge in [0.05, 0.1) is 17.6 Å². The Bertz CT molecular complexity index is 618. The number of hydrogen-bond donors (Lipinski definition) is 1. The van der Waals surface area contributed by atoms with Gasteiger partial charge in [-0.1, -0.05) is 19.1 Å². The summed E-state index contributed by atoms with van der Waals surface area (Å²) in [6, 6.07) is 11.4. The average Bonchev–Trinajstić information content (AvgIpc) is 2.48. The first kappa shape index (κ1) is 16.7. The number of ether oxygens (including phenoxy) is 1. The zero-order valence-corrected chi connectivity index (χ0v) is 15.5. The molecule has 0 saturated carbocycles. The molecule has 2 aromatic carbocycles. The maximum Gasteiger partial charge on any atom is 0.141 e. The summed E-state index contributed by atoms with van der Waals surface area (Å²) in [5.41, 5.74) is 2.03. The van der Waals surface area contributed by atoms with Crippen LogP contribution in [-0.4, -0.2) is 13.7 Å². The predicted molar refractivity (Wildman–Crippen MR) is 95.3 cm³/mol. The van der Waals surface area contributed by atoms with Crippen LogP contribution in [0.15, 0.2) is 40.9 Å². The molecule has 2 rings (SSSR count). The van der Waals surface area contributed by atoms with Crippen LogP contribution in [0.3, 0.4) is 0 Å². The SMILES string of the molecule is CCNC(c1ccc(I)cc1)c1cc(Br)c(F)cc1OC. The Kier molecular flexibility index (Phi) is 6.01. The van der Waals surface area contributed by atoms with Gasteiger partial charge in [-0.25, -0.2) is 4.39 Å². The van der Waals surface area contributed by atoms with E-state index in [2.05, 4.69) is 68.1 Å². The van der Waals surface area contributed by atoms with E-state index in [0.29, 0.717) is 10.2 Å². The van der Waals surface area contributed by atoms with Crippen molar-refractivity contribution in [3.8, 4) is 5.75 Å². The molecule has 0 aliphatic carbocycles. The second-order valence-electron chi connectivity index (χ2n) is 4.55. The van der Waals surface area contributed by atoms with Crippen LogP contribution in [0, 0.1) is 9.39 Å². The smallest absolute Gasteiger partial charge is 0.141 e. The van der Waals surface area contributed by atoms with Gasteiger partial charge in [0, 0.05) is 15.2 Å². The van der Waals surface area contributed by atoms with E-state index in [1.54, 1.807) is 13.2 Å². The van der Waals surface area contributed by atoms with Crippen LogP contribution in [0.5, 0.6) is 5.75 Å². The highest BCUT2D eigenvalue weighted by Crippen LogP contribution is 2.34. The Morgan fingerprint density at radius 2 is 1.95 bits per heavy atom. The molecule has 5 heteroatoms. The van der Waals surface area contributed by atoms with Gasteiger partial charge in [0.2, 0.25) is 0 Å². The topological polar surface area (TPSA) is 21.3 Å². The second-order valence-corrected chi connectivity index (χ2v) is 6.65. The van der Waals surface area contributed by atoms with E-state index >= 15 is 0 Å². The third-order valence-electron chi connectivity index (χ3n) is 3.20. The molecular weight excluding hydrogens is 448 g/mol. The normalized spacial score (nSPS) is 12.2. The summed E-state index contributed by atoms with van der Waals surface area (Å²) in [6.45, 7) is 2.85. The van der Waals surface area contributed by atoms with Gasteiger partial charge in [-0.2, -0.15) is 0 Å². The van der Waals surface area contributed by atoms with E-state index in [1.165, 1.54) is 9.64 Å². The van der Waals surface area contributed by atoms with E-state index in [9.17, 15) is 4.39 Å². The molecule has 0 bridgehead atoms. The van der Waals surface area contributed by atoms with Gasteiger partial charge in [-0.05, 0) is 68.8 Å². The number of benzene rings is 2. The largest absolute Gasteiger partial charge is 0.496 e. The lowest BCUT2D eigenvalue weighted by atomic mass is 9.97. The highest BCUT2D eigenvalue weighted by atomic mass is 127. The van der Waals surface area contributed by atoms with Crippen LogP contribution in [0.1, 0.15) is 24.1 Å². The van der Waals surface area contributed by atoms with Crippen LogP contribution in [0.2, 0.25) is 0 Å². The third kappa shape index (κ3) is 3.96. The van der Waals surface area contributed by atoms with E-state index < -0.39 is 0 Å². The number of rotatable bonds is 5. The zero-order chi connectivity index (χ0) is 15.4. The zero-order valence-electron chi connectivity index (χ0n) is 11.8. The molecular formula is C16H16BrFINO. The van der Waals surface area contributed by atoms with Crippen molar-refractivity contribution >= 4 is 38.5 Å². The number of nitrogens with one attached hydrogen (secondary N) is 1. The monoisotopic (exact) mass is 463 g/mol. The summed E-state index contributed by atoms with van der Waals surface area (Å²) in [5.74, 6) is 0.216.